The first kappa shape index (κ1) is 13.6. The predicted octanol–water partition coefficient (Wildman–Crippen LogP) is -2.05. The van der Waals surface area contributed by atoms with Crippen LogP contribution in [0.2, 0.25) is 0 Å². The zero-order valence-electron chi connectivity index (χ0n) is 9.79. The van der Waals surface area contributed by atoms with Crippen molar-refractivity contribution in [2.75, 3.05) is 13.2 Å². The maximum atomic E-state index is 11.6. The number of rotatable bonds is 5. The first-order valence-electron chi connectivity index (χ1n) is 5.09. The molecule has 0 aliphatic carbocycles. The first-order chi connectivity index (χ1) is 7.97. The molecule has 0 aromatic carbocycles. The average Bonchev–Trinajstić information content (AvgIpc) is 2.32. The Morgan fingerprint density at radius 2 is 2.06 bits per heavy atom. The summed E-state index contributed by atoms with van der Waals surface area (Å²) >= 11 is 0. The topological polar surface area (TPSA) is 93.7 Å². The maximum Gasteiger partial charge on any atom is 0.330 e. The SMILES string of the molecule is Cn1cc(COCC(O)CO)c(=O)n(C)c1=O. The van der Waals surface area contributed by atoms with Gasteiger partial charge in [0.2, 0.25) is 0 Å². The monoisotopic (exact) mass is 244 g/mol. The second-order valence-corrected chi connectivity index (χ2v) is 3.76. The van der Waals surface area contributed by atoms with Crippen molar-refractivity contribution in [2.45, 2.75) is 12.7 Å². The third-order valence-corrected chi connectivity index (χ3v) is 2.30. The maximum absolute atomic E-state index is 11.6. The second-order valence-electron chi connectivity index (χ2n) is 3.76. The lowest BCUT2D eigenvalue weighted by molar-refractivity contribution is -0.000482. The van der Waals surface area contributed by atoms with Crippen molar-refractivity contribution < 1.29 is 14.9 Å². The fraction of sp³-hybridized carbons (Fsp3) is 0.600. The van der Waals surface area contributed by atoms with Gasteiger partial charge in [0, 0.05) is 20.3 Å². The van der Waals surface area contributed by atoms with E-state index in [1.165, 1.54) is 24.9 Å². The van der Waals surface area contributed by atoms with Gasteiger partial charge in [-0.15, -0.1) is 0 Å². The summed E-state index contributed by atoms with van der Waals surface area (Å²) in [6.45, 7) is -0.481. The van der Waals surface area contributed by atoms with Crippen LogP contribution in [0.3, 0.4) is 0 Å². The van der Waals surface area contributed by atoms with Gasteiger partial charge in [-0.1, -0.05) is 0 Å². The van der Waals surface area contributed by atoms with Gasteiger partial charge in [0.1, 0.15) is 6.10 Å². The molecule has 0 amide bonds. The van der Waals surface area contributed by atoms with Crippen LogP contribution in [0, 0.1) is 0 Å². The highest BCUT2D eigenvalue weighted by Gasteiger charge is 2.08. The molecule has 7 nitrogen and oxygen atoms in total. The zero-order chi connectivity index (χ0) is 13.0. The van der Waals surface area contributed by atoms with Gasteiger partial charge in [0.05, 0.1) is 25.4 Å². The van der Waals surface area contributed by atoms with Crippen LogP contribution in [0.1, 0.15) is 5.56 Å². The molecule has 17 heavy (non-hydrogen) atoms. The largest absolute Gasteiger partial charge is 0.394 e. The summed E-state index contributed by atoms with van der Waals surface area (Å²) in [5, 5.41) is 17.6. The van der Waals surface area contributed by atoms with Gasteiger partial charge in [-0.05, 0) is 0 Å². The fourth-order valence-electron chi connectivity index (χ4n) is 1.34. The van der Waals surface area contributed by atoms with Gasteiger partial charge >= 0.3 is 5.69 Å². The van der Waals surface area contributed by atoms with E-state index in [9.17, 15) is 9.59 Å². The summed E-state index contributed by atoms with van der Waals surface area (Å²) in [7, 11) is 2.92. The van der Waals surface area contributed by atoms with E-state index in [0.717, 1.165) is 4.57 Å². The number of hydrogen-bond acceptors (Lipinski definition) is 5. The number of aryl methyl sites for hydroxylation is 1. The van der Waals surface area contributed by atoms with E-state index in [-0.39, 0.29) is 13.2 Å². The molecule has 1 aromatic rings. The third kappa shape index (κ3) is 3.26. The minimum absolute atomic E-state index is 0.0160. The molecule has 1 rings (SSSR count). The summed E-state index contributed by atoms with van der Waals surface area (Å²) in [6.07, 6.45) is 0.432. The van der Waals surface area contributed by atoms with Crippen molar-refractivity contribution >= 4 is 0 Å². The van der Waals surface area contributed by atoms with Crippen LogP contribution < -0.4 is 11.2 Å². The Morgan fingerprint density at radius 1 is 1.41 bits per heavy atom. The number of aromatic nitrogens is 2. The molecule has 96 valence electrons. The number of aliphatic hydroxyl groups is 2. The molecule has 2 N–H and O–H groups in total. The summed E-state index contributed by atoms with van der Waals surface area (Å²) < 4.78 is 7.33. The lowest BCUT2D eigenvalue weighted by atomic mass is 10.3. The molecule has 1 aromatic heterocycles. The van der Waals surface area contributed by atoms with Gasteiger partial charge in [0.15, 0.2) is 0 Å². The van der Waals surface area contributed by atoms with Crippen molar-refractivity contribution in [2.24, 2.45) is 14.1 Å². The molecule has 0 spiro atoms. The van der Waals surface area contributed by atoms with E-state index in [0.29, 0.717) is 5.56 Å². The Kier molecular flexibility index (Phi) is 4.62. The van der Waals surface area contributed by atoms with Crippen LogP contribution in [0.15, 0.2) is 15.8 Å². The van der Waals surface area contributed by atoms with Crippen LogP contribution in [-0.2, 0) is 25.4 Å². The molecule has 7 heteroatoms. The summed E-state index contributed by atoms with van der Waals surface area (Å²) in [4.78, 5) is 23.0. The van der Waals surface area contributed by atoms with E-state index in [4.69, 9.17) is 14.9 Å². The van der Waals surface area contributed by atoms with Crippen LogP contribution in [0.4, 0.5) is 0 Å². The van der Waals surface area contributed by atoms with Crippen LogP contribution in [-0.4, -0.2) is 38.7 Å². The highest BCUT2D eigenvalue weighted by atomic mass is 16.5. The fourth-order valence-corrected chi connectivity index (χ4v) is 1.34. The molecule has 0 radical (unpaired) electrons. The van der Waals surface area contributed by atoms with Crippen molar-refractivity contribution in [3.05, 3.63) is 32.6 Å². The molecule has 1 heterocycles. The molecule has 0 fully saturated rings. The highest BCUT2D eigenvalue weighted by molar-refractivity contribution is 5.03. The highest BCUT2D eigenvalue weighted by Crippen LogP contribution is 1.93. The van der Waals surface area contributed by atoms with Crippen molar-refractivity contribution in [1.82, 2.24) is 9.13 Å². The summed E-state index contributed by atoms with van der Waals surface area (Å²) in [6, 6.07) is 0. The molecule has 0 saturated carbocycles. The lowest BCUT2D eigenvalue weighted by Crippen LogP contribution is -2.38. The molecule has 0 saturated heterocycles. The quantitative estimate of drug-likeness (QED) is 0.622. The Morgan fingerprint density at radius 3 is 2.65 bits per heavy atom. The minimum Gasteiger partial charge on any atom is -0.394 e. The van der Waals surface area contributed by atoms with E-state index < -0.39 is 24.0 Å². The van der Waals surface area contributed by atoms with E-state index in [1.54, 1.807) is 0 Å². The van der Waals surface area contributed by atoms with Gasteiger partial charge in [-0.25, -0.2) is 4.79 Å². The van der Waals surface area contributed by atoms with Gasteiger partial charge in [-0.3, -0.25) is 9.36 Å². The zero-order valence-corrected chi connectivity index (χ0v) is 9.79. The van der Waals surface area contributed by atoms with Crippen molar-refractivity contribution in [3.63, 3.8) is 0 Å². The standard InChI is InChI=1S/C10H16N2O5/c1-11-3-7(5-17-6-8(14)4-13)9(15)12(2)10(11)16/h3,8,13-14H,4-6H2,1-2H3. The smallest absolute Gasteiger partial charge is 0.330 e. The summed E-state index contributed by atoms with van der Waals surface area (Å²) in [5.74, 6) is 0. The van der Waals surface area contributed by atoms with Gasteiger partial charge < -0.3 is 19.5 Å². The Labute approximate surface area is 97.5 Å². The number of nitrogens with zero attached hydrogens (tertiary/aromatic N) is 2. The Bertz CT molecular complexity index is 490. The molecular weight excluding hydrogens is 228 g/mol. The van der Waals surface area contributed by atoms with Crippen molar-refractivity contribution in [3.8, 4) is 0 Å². The molecule has 1 unspecified atom stereocenters. The lowest BCUT2D eigenvalue weighted by Gasteiger charge is -2.09. The number of hydrogen-bond donors (Lipinski definition) is 2. The summed E-state index contributed by atoms with van der Waals surface area (Å²) in [5.41, 5.74) is -0.513. The third-order valence-electron chi connectivity index (χ3n) is 2.30. The molecule has 1 atom stereocenters. The predicted molar refractivity (Wildman–Crippen MR) is 59.7 cm³/mol. The average molecular weight is 244 g/mol. The van der Waals surface area contributed by atoms with Crippen LogP contribution in [0.5, 0.6) is 0 Å². The van der Waals surface area contributed by atoms with E-state index >= 15 is 0 Å². The Balaban J connectivity index is 2.80. The molecule has 0 aliphatic rings. The second kappa shape index (κ2) is 5.76. The van der Waals surface area contributed by atoms with E-state index in [1.807, 2.05) is 0 Å². The molecule has 0 bridgehead atoms. The normalized spacial score (nSPS) is 12.7. The van der Waals surface area contributed by atoms with Gasteiger partial charge in [0.25, 0.3) is 5.56 Å². The molecule has 0 aliphatic heterocycles. The van der Waals surface area contributed by atoms with Crippen LogP contribution in [0.25, 0.3) is 0 Å². The van der Waals surface area contributed by atoms with E-state index in [2.05, 4.69) is 0 Å². The number of ether oxygens (including phenoxy) is 1. The van der Waals surface area contributed by atoms with Crippen LogP contribution >= 0.6 is 0 Å². The Hall–Kier alpha value is -1.44. The first-order valence-corrected chi connectivity index (χ1v) is 5.09. The minimum atomic E-state index is -0.966. The van der Waals surface area contributed by atoms with Crippen molar-refractivity contribution in [1.29, 1.82) is 0 Å². The number of aliphatic hydroxyl groups excluding tert-OH is 2. The van der Waals surface area contributed by atoms with Gasteiger partial charge in [-0.2, -0.15) is 0 Å². The molecular formula is C10H16N2O5.